The van der Waals surface area contributed by atoms with E-state index in [2.05, 4.69) is 4.98 Å². The lowest BCUT2D eigenvalue weighted by Crippen LogP contribution is -2.11. The van der Waals surface area contributed by atoms with Gasteiger partial charge in [-0.15, -0.1) is 0 Å². The summed E-state index contributed by atoms with van der Waals surface area (Å²) in [5, 5.41) is 8.95. The summed E-state index contributed by atoms with van der Waals surface area (Å²) in [4.78, 5) is 4.02. The molecule has 0 spiro atoms. The topological polar surface area (TPSA) is 89.3 Å². The van der Waals surface area contributed by atoms with Gasteiger partial charge in [-0.05, 0) is 19.4 Å². The zero-order valence-corrected chi connectivity index (χ0v) is 12.2. The molecule has 0 aliphatic heterocycles. The van der Waals surface area contributed by atoms with Gasteiger partial charge in [0.1, 0.15) is 12.9 Å². The van der Waals surface area contributed by atoms with Gasteiger partial charge in [-0.25, -0.2) is 13.4 Å². The number of aromatic nitrogens is 1. The van der Waals surface area contributed by atoms with E-state index in [1.54, 1.807) is 13.8 Å². The van der Waals surface area contributed by atoms with E-state index < -0.39 is 9.84 Å². The third kappa shape index (κ3) is 3.50. The Hall–Kier alpha value is -1.49. The first kappa shape index (κ1) is 15.6. The van der Waals surface area contributed by atoms with E-state index in [1.807, 2.05) is 6.07 Å². The smallest absolute Gasteiger partial charge is 0.194 e. The Morgan fingerprint density at radius 3 is 2.47 bits per heavy atom. The van der Waals surface area contributed by atoms with Crippen LogP contribution in [0.4, 0.5) is 0 Å². The number of nitriles is 1. The molecule has 7 heteroatoms. The van der Waals surface area contributed by atoms with Crippen molar-refractivity contribution in [3.05, 3.63) is 22.4 Å². The lowest BCUT2D eigenvalue weighted by atomic mass is 10.0. The lowest BCUT2D eigenvalue weighted by Gasteiger charge is -2.13. The molecule has 0 fully saturated rings. The van der Waals surface area contributed by atoms with E-state index in [0.29, 0.717) is 16.8 Å². The Bertz CT molecular complexity index is 618. The number of pyridine rings is 1. The Labute approximate surface area is 112 Å². The van der Waals surface area contributed by atoms with Crippen LogP contribution in [0.3, 0.4) is 0 Å². The number of hydrogen-bond donors (Lipinski definition) is 0. The van der Waals surface area contributed by atoms with Crippen molar-refractivity contribution in [3.63, 3.8) is 0 Å². The number of methoxy groups -OCH3 is 1. The largest absolute Gasteiger partial charge is 0.359 e. The average molecular weight is 284 g/mol. The summed E-state index contributed by atoms with van der Waals surface area (Å²) in [7, 11) is -2.03. The molecule has 1 rings (SSSR count). The number of ether oxygens (including phenoxy) is 2. The number of aryl methyl sites for hydroxylation is 1. The van der Waals surface area contributed by atoms with Gasteiger partial charge in [-0.3, -0.25) is 0 Å². The van der Waals surface area contributed by atoms with Crippen LogP contribution in [0.1, 0.15) is 22.4 Å². The number of nitrogens with zero attached hydrogens (tertiary/aromatic N) is 2. The zero-order chi connectivity index (χ0) is 14.6. The van der Waals surface area contributed by atoms with Crippen LogP contribution in [0.25, 0.3) is 0 Å². The van der Waals surface area contributed by atoms with Gasteiger partial charge < -0.3 is 9.47 Å². The van der Waals surface area contributed by atoms with Crippen LogP contribution in [0, 0.1) is 25.2 Å². The normalized spacial score (nSPS) is 11.3. The minimum Gasteiger partial charge on any atom is -0.359 e. The van der Waals surface area contributed by atoms with E-state index in [1.165, 1.54) is 7.11 Å². The first-order valence-corrected chi connectivity index (χ1v) is 7.39. The van der Waals surface area contributed by atoms with Gasteiger partial charge in [0, 0.05) is 24.6 Å². The molecule has 0 saturated heterocycles. The maximum atomic E-state index is 11.6. The standard InChI is InChI=1S/C12H16N2O4S/c1-8-10(5-13)12(19(4,15)16)14-9(2)11(8)6-18-7-17-3/h6-7H2,1-4H3. The fraction of sp³-hybridized carbons (Fsp3) is 0.500. The molecule has 0 aliphatic rings. The molecule has 0 N–H and O–H groups in total. The average Bonchev–Trinajstić information content (AvgIpc) is 2.31. The highest BCUT2D eigenvalue weighted by Gasteiger charge is 2.21. The van der Waals surface area contributed by atoms with Gasteiger partial charge >= 0.3 is 0 Å². The minimum absolute atomic E-state index is 0.0733. The van der Waals surface area contributed by atoms with Gasteiger partial charge in [-0.1, -0.05) is 0 Å². The van der Waals surface area contributed by atoms with Crippen molar-refractivity contribution in [2.24, 2.45) is 0 Å². The molecule has 0 amide bonds. The van der Waals surface area contributed by atoms with Crippen LogP contribution >= 0.6 is 0 Å². The van der Waals surface area contributed by atoms with Crippen molar-refractivity contribution >= 4 is 9.84 Å². The molecule has 0 aliphatic carbocycles. The highest BCUT2D eigenvalue weighted by Crippen LogP contribution is 2.23. The lowest BCUT2D eigenvalue weighted by molar-refractivity contribution is -0.0394. The maximum absolute atomic E-state index is 11.6. The highest BCUT2D eigenvalue weighted by atomic mass is 32.2. The summed E-state index contributed by atoms with van der Waals surface area (Å²) < 4.78 is 33.3. The van der Waals surface area contributed by atoms with Crippen LogP contribution < -0.4 is 0 Å². The van der Waals surface area contributed by atoms with E-state index in [9.17, 15) is 8.42 Å². The van der Waals surface area contributed by atoms with Gasteiger partial charge in [0.2, 0.25) is 0 Å². The van der Waals surface area contributed by atoms with E-state index in [0.717, 1.165) is 6.26 Å². The van der Waals surface area contributed by atoms with E-state index >= 15 is 0 Å². The Balaban J connectivity index is 3.36. The summed E-state index contributed by atoms with van der Waals surface area (Å²) in [6, 6.07) is 1.90. The summed E-state index contributed by atoms with van der Waals surface area (Å²) in [6.45, 7) is 3.72. The molecule has 0 unspecified atom stereocenters. The SMILES string of the molecule is COCOCc1c(C)nc(S(C)(=O)=O)c(C#N)c1C. The molecule has 0 bridgehead atoms. The predicted molar refractivity (Wildman–Crippen MR) is 68.2 cm³/mol. The fourth-order valence-corrected chi connectivity index (χ4v) is 2.57. The van der Waals surface area contributed by atoms with Crippen LogP contribution in [-0.4, -0.2) is 33.6 Å². The van der Waals surface area contributed by atoms with Crippen molar-refractivity contribution in [1.82, 2.24) is 4.98 Å². The second-order valence-electron chi connectivity index (χ2n) is 4.12. The molecule has 0 saturated carbocycles. The van der Waals surface area contributed by atoms with Crippen LogP contribution in [0.2, 0.25) is 0 Å². The quantitative estimate of drug-likeness (QED) is 0.594. The van der Waals surface area contributed by atoms with Gasteiger partial charge in [-0.2, -0.15) is 5.26 Å². The Morgan fingerprint density at radius 2 is 2.00 bits per heavy atom. The number of sulfone groups is 1. The molecule has 1 heterocycles. The van der Waals surface area contributed by atoms with Crippen molar-refractivity contribution in [1.29, 1.82) is 5.26 Å². The molecule has 1 aromatic rings. The van der Waals surface area contributed by atoms with Gasteiger partial charge in [0.05, 0.1) is 12.2 Å². The monoisotopic (exact) mass is 284 g/mol. The number of rotatable bonds is 5. The summed E-state index contributed by atoms with van der Waals surface area (Å²) >= 11 is 0. The molecule has 0 aromatic carbocycles. The van der Waals surface area contributed by atoms with Crippen molar-refractivity contribution in [2.75, 3.05) is 20.2 Å². The van der Waals surface area contributed by atoms with Crippen molar-refractivity contribution < 1.29 is 17.9 Å². The van der Waals surface area contributed by atoms with Crippen LogP contribution in [0.15, 0.2) is 5.03 Å². The van der Waals surface area contributed by atoms with E-state index in [-0.39, 0.29) is 24.0 Å². The Kier molecular flexibility index (Phi) is 5.00. The molecule has 104 valence electrons. The Morgan fingerprint density at radius 1 is 1.37 bits per heavy atom. The third-order valence-electron chi connectivity index (χ3n) is 2.66. The fourth-order valence-electron chi connectivity index (χ4n) is 1.70. The third-order valence-corrected chi connectivity index (χ3v) is 3.66. The second kappa shape index (κ2) is 6.10. The summed E-state index contributed by atoms with van der Waals surface area (Å²) in [5.74, 6) is 0. The second-order valence-corrected chi connectivity index (χ2v) is 6.05. The molecule has 1 aromatic heterocycles. The first-order chi connectivity index (χ1) is 8.82. The van der Waals surface area contributed by atoms with Crippen molar-refractivity contribution in [3.8, 4) is 6.07 Å². The molecule has 6 nitrogen and oxygen atoms in total. The molecule has 0 atom stereocenters. The minimum atomic E-state index is -3.53. The number of hydrogen-bond acceptors (Lipinski definition) is 6. The van der Waals surface area contributed by atoms with Gasteiger partial charge in [0.25, 0.3) is 0 Å². The molecular formula is C12H16N2O4S. The van der Waals surface area contributed by atoms with Crippen molar-refractivity contribution in [2.45, 2.75) is 25.5 Å². The highest BCUT2D eigenvalue weighted by molar-refractivity contribution is 7.90. The first-order valence-electron chi connectivity index (χ1n) is 5.49. The van der Waals surface area contributed by atoms with Crippen LogP contribution in [-0.2, 0) is 25.9 Å². The van der Waals surface area contributed by atoms with E-state index in [4.69, 9.17) is 14.7 Å². The zero-order valence-electron chi connectivity index (χ0n) is 11.3. The summed E-state index contributed by atoms with van der Waals surface area (Å²) in [5.41, 5.74) is 1.89. The molecular weight excluding hydrogens is 268 g/mol. The predicted octanol–water partition coefficient (Wildman–Crippen LogP) is 1.09. The van der Waals surface area contributed by atoms with Crippen LogP contribution in [0.5, 0.6) is 0 Å². The van der Waals surface area contributed by atoms with Gasteiger partial charge in [0.15, 0.2) is 14.9 Å². The summed E-state index contributed by atoms with van der Waals surface area (Å²) in [6.07, 6.45) is 1.04. The maximum Gasteiger partial charge on any atom is 0.194 e. The molecule has 0 radical (unpaired) electrons. The molecule has 19 heavy (non-hydrogen) atoms.